The molecule has 0 spiro atoms. The van der Waals surface area contributed by atoms with Crippen molar-refractivity contribution in [2.45, 2.75) is 58.0 Å². The molecule has 0 aromatic heterocycles. The van der Waals surface area contributed by atoms with E-state index in [0.717, 1.165) is 6.42 Å². The Morgan fingerprint density at radius 3 is 2.56 bits per heavy atom. The lowest BCUT2D eigenvalue weighted by Gasteiger charge is -2.46. The molecule has 0 aliphatic carbocycles. The summed E-state index contributed by atoms with van der Waals surface area (Å²) in [7, 11) is 0. The minimum atomic E-state index is -0.837. The van der Waals surface area contributed by atoms with Crippen molar-refractivity contribution in [2.24, 2.45) is 0 Å². The number of hydrogen-bond acceptors (Lipinski definition) is 2. The predicted octanol–water partition coefficient (Wildman–Crippen LogP) is 1.64. The van der Waals surface area contributed by atoms with Crippen molar-refractivity contribution in [2.75, 3.05) is 13.2 Å². The van der Waals surface area contributed by atoms with Gasteiger partial charge in [0, 0.05) is 6.54 Å². The zero-order chi connectivity index (χ0) is 13.8. The van der Waals surface area contributed by atoms with Crippen molar-refractivity contribution in [1.29, 1.82) is 0 Å². The molecule has 1 aliphatic rings. The van der Waals surface area contributed by atoms with Crippen LogP contribution in [0.5, 0.6) is 0 Å². The van der Waals surface area contributed by atoms with Crippen LogP contribution >= 0.6 is 0 Å². The maximum Gasteiger partial charge on any atom is 0.246 e. The van der Waals surface area contributed by atoms with Gasteiger partial charge in [0.25, 0.3) is 0 Å². The van der Waals surface area contributed by atoms with Gasteiger partial charge in [-0.3, -0.25) is 14.0 Å². The van der Waals surface area contributed by atoms with Gasteiger partial charge in [0.15, 0.2) is 0 Å². The third-order valence-corrected chi connectivity index (χ3v) is 3.74. The quantitative estimate of drug-likeness (QED) is 0.787. The van der Waals surface area contributed by atoms with Crippen molar-refractivity contribution in [3.63, 3.8) is 0 Å². The van der Waals surface area contributed by atoms with Gasteiger partial charge < -0.3 is 10.2 Å². The van der Waals surface area contributed by atoms with Gasteiger partial charge >= 0.3 is 0 Å². The van der Waals surface area contributed by atoms with Crippen molar-refractivity contribution < 1.29 is 14.0 Å². The summed E-state index contributed by atoms with van der Waals surface area (Å²) in [5.74, 6) is -0.198. The highest BCUT2D eigenvalue weighted by atomic mass is 19.1. The first-order valence-electron chi connectivity index (χ1n) is 6.69. The van der Waals surface area contributed by atoms with Crippen LogP contribution in [0.2, 0.25) is 0 Å². The topological polar surface area (TPSA) is 49.4 Å². The minimum Gasteiger partial charge on any atom is -0.342 e. The Kier molecular flexibility index (Phi) is 5.11. The van der Waals surface area contributed by atoms with E-state index in [9.17, 15) is 14.0 Å². The number of hydrogen-bond donors (Lipinski definition) is 1. The maximum atomic E-state index is 12.3. The fourth-order valence-corrected chi connectivity index (χ4v) is 2.34. The van der Waals surface area contributed by atoms with Gasteiger partial charge in [0.05, 0.1) is 6.67 Å². The average Bonchev–Trinajstić information content (AvgIpc) is 2.36. The second-order valence-electron chi connectivity index (χ2n) is 4.97. The largest absolute Gasteiger partial charge is 0.342 e. The molecule has 0 saturated carbocycles. The summed E-state index contributed by atoms with van der Waals surface area (Å²) in [6.07, 6.45) is 2.29. The number of piperazine rings is 1. The smallest absolute Gasteiger partial charge is 0.246 e. The van der Waals surface area contributed by atoms with Crippen LogP contribution in [0.1, 0.15) is 46.5 Å². The van der Waals surface area contributed by atoms with Gasteiger partial charge in [-0.05, 0) is 26.2 Å². The first-order valence-corrected chi connectivity index (χ1v) is 6.69. The molecular formula is C13H23FN2O2. The molecular weight excluding hydrogens is 235 g/mol. The standard InChI is InChI=1S/C13H23FN2O2/c1-4-7-10-11(17)16(9-6-8-14)13(3,5-2)12(18)15-10/h10H,4-9H2,1-3H3,(H,15,18). The normalized spacial score (nSPS) is 28.4. The van der Waals surface area contributed by atoms with E-state index >= 15 is 0 Å². The Hall–Kier alpha value is -1.13. The first kappa shape index (κ1) is 14.9. The number of nitrogens with zero attached hydrogens (tertiary/aromatic N) is 1. The molecule has 1 N–H and O–H groups in total. The first-order chi connectivity index (χ1) is 8.51. The molecule has 1 heterocycles. The monoisotopic (exact) mass is 258 g/mol. The molecule has 18 heavy (non-hydrogen) atoms. The van der Waals surface area contributed by atoms with Gasteiger partial charge in [-0.15, -0.1) is 0 Å². The van der Waals surface area contributed by atoms with Gasteiger partial charge in [-0.1, -0.05) is 20.3 Å². The molecule has 104 valence electrons. The fourth-order valence-electron chi connectivity index (χ4n) is 2.34. The zero-order valence-electron chi connectivity index (χ0n) is 11.5. The molecule has 0 radical (unpaired) electrons. The summed E-state index contributed by atoms with van der Waals surface area (Å²) >= 11 is 0. The van der Waals surface area contributed by atoms with Crippen LogP contribution in [0, 0.1) is 0 Å². The Morgan fingerprint density at radius 1 is 1.39 bits per heavy atom. The molecule has 1 rings (SSSR count). The second-order valence-corrected chi connectivity index (χ2v) is 4.97. The van der Waals surface area contributed by atoms with Crippen LogP contribution in [-0.4, -0.2) is 41.5 Å². The van der Waals surface area contributed by atoms with E-state index in [0.29, 0.717) is 19.4 Å². The van der Waals surface area contributed by atoms with Crippen LogP contribution in [0.4, 0.5) is 4.39 Å². The van der Waals surface area contributed by atoms with Crippen LogP contribution in [0.15, 0.2) is 0 Å². The highest BCUT2D eigenvalue weighted by molar-refractivity contribution is 5.99. The molecule has 4 nitrogen and oxygen atoms in total. The third-order valence-electron chi connectivity index (χ3n) is 3.74. The maximum absolute atomic E-state index is 12.3. The molecule has 2 unspecified atom stereocenters. The third kappa shape index (κ3) is 2.65. The minimum absolute atomic E-state index is 0.0748. The lowest BCUT2D eigenvalue weighted by molar-refractivity contribution is -0.157. The van der Waals surface area contributed by atoms with Crippen molar-refractivity contribution in [1.82, 2.24) is 10.2 Å². The Bertz CT molecular complexity index is 322. The summed E-state index contributed by atoms with van der Waals surface area (Å²) in [6.45, 7) is 5.44. The molecule has 1 saturated heterocycles. The predicted molar refractivity (Wildman–Crippen MR) is 67.8 cm³/mol. The SMILES string of the molecule is CCCC1NC(=O)C(C)(CC)N(CCCF)C1=O. The summed E-state index contributed by atoms with van der Waals surface area (Å²) in [5.41, 5.74) is -0.837. The van der Waals surface area contributed by atoms with Crippen molar-refractivity contribution >= 4 is 11.8 Å². The number of amides is 2. The van der Waals surface area contributed by atoms with E-state index < -0.39 is 18.3 Å². The van der Waals surface area contributed by atoms with Gasteiger partial charge in [0.2, 0.25) is 11.8 Å². The molecule has 0 aromatic rings. The Labute approximate surface area is 108 Å². The lowest BCUT2D eigenvalue weighted by Crippen LogP contribution is -2.69. The van der Waals surface area contributed by atoms with Crippen LogP contribution in [0.3, 0.4) is 0 Å². The van der Waals surface area contributed by atoms with E-state index in [1.807, 2.05) is 13.8 Å². The lowest BCUT2D eigenvalue weighted by atomic mass is 9.89. The second kappa shape index (κ2) is 6.16. The zero-order valence-corrected chi connectivity index (χ0v) is 11.5. The summed E-state index contributed by atoms with van der Waals surface area (Å²) in [5, 5.41) is 2.79. The van der Waals surface area contributed by atoms with E-state index in [1.54, 1.807) is 11.8 Å². The van der Waals surface area contributed by atoms with Crippen molar-refractivity contribution in [3.8, 4) is 0 Å². The van der Waals surface area contributed by atoms with E-state index in [1.165, 1.54) is 0 Å². The number of alkyl halides is 1. The summed E-state index contributed by atoms with van der Waals surface area (Å²) < 4.78 is 12.3. The van der Waals surface area contributed by atoms with Crippen LogP contribution < -0.4 is 5.32 Å². The van der Waals surface area contributed by atoms with Crippen LogP contribution in [-0.2, 0) is 9.59 Å². The van der Waals surface area contributed by atoms with E-state index in [-0.39, 0.29) is 18.2 Å². The van der Waals surface area contributed by atoms with Gasteiger partial charge in [-0.25, -0.2) is 0 Å². The molecule has 2 amide bonds. The highest BCUT2D eigenvalue weighted by Crippen LogP contribution is 2.26. The van der Waals surface area contributed by atoms with Gasteiger partial charge in [0.1, 0.15) is 11.6 Å². The molecule has 5 heteroatoms. The highest BCUT2D eigenvalue weighted by Gasteiger charge is 2.47. The van der Waals surface area contributed by atoms with Crippen LogP contribution in [0.25, 0.3) is 0 Å². The summed E-state index contributed by atoms with van der Waals surface area (Å²) in [4.78, 5) is 26.0. The fraction of sp³-hybridized carbons (Fsp3) is 0.846. The molecule has 2 atom stereocenters. The number of carbonyl (C=O) groups is 2. The number of nitrogens with one attached hydrogen (secondary N) is 1. The Morgan fingerprint density at radius 2 is 2.06 bits per heavy atom. The Balaban J connectivity index is 2.93. The number of rotatable bonds is 6. The average molecular weight is 258 g/mol. The summed E-state index contributed by atoms with van der Waals surface area (Å²) in [6, 6.07) is -0.443. The number of halogens is 1. The van der Waals surface area contributed by atoms with Crippen molar-refractivity contribution in [3.05, 3.63) is 0 Å². The molecule has 1 fully saturated rings. The van der Waals surface area contributed by atoms with E-state index in [2.05, 4.69) is 5.32 Å². The molecule has 0 bridgehead atoms. The molecule has 0 aromatic carbocycles. The molecule has 1 aliphatic heterocycles. The number of carbonyl (C=O) groups excluding carboxylic acids is 2. The van der Waals surface area contributed by atoms with Gasteiger partial charge in [-0.2, -0.15) is 0 Å². The van der Waals surface area contributed by atoms with E-state index in [4.69, 9.17) is 0 Å².